The van der Waals surface area contributed by atoms with Crippen LogP contribution in [0.25, 0.3) is 0 Å². The van der Waals surface area contributed by atoms with E-state index in [9.17, 15) is 0 Å². The Bertz CT molecular complexity index is 624. The number of allylic oxidation sites excluding steroid dienone is 1. The molecule has 2 aliphatic heterocycles. The van der Waals surface area contributed by atoms with Gasteiger partial charge in [-0.25, -0.2) is 4.99 Å². The number of hydrogen-bond donors (Lipinski definition) is 2. The third-order valence-corrected chi connectivity index (χ3v) is 4.46. The van der Waals surface area contributed by atoms with Crippen LogP contribution in [-0.2, 0) is 0 Å². The Hall–Kier alpha value is -2.27. The summed E-state index contributed by atoms with van der Waals surface area (Å²) in [6.45, 7) is 10.3. The normalized spacial score (nSPS) is 21.6. The van der Waals surface area contributed by atoms with Gasteiger partial charge in [-0.3, -0.25) is 0 Å². The van der Waals surface area contributed by atoms with Gasteiger partial charge in [0.2, 0.25) is 5.96 Å². The van der Waals surface area contributed by atoms with Crippen molar-refractivity contribution in [2.24, 2.45) is 4.99 Å². The number of aliphatic imine (C=N–C) groups is 1. The fourth-order valence-corrected chi connectivity index (χ4v) is 3.06. The summed E-state index contributed by atoms with van der Waals surface area (Å²) in [6.07, 6.45) is 4.89. The number of benzene rings is 1. The second-order valence-corrected chi connectivity index (χ2v) is 6.51. The van der Waals surface area contributed by atoms with E-state index in [1.165, 1.54) is 5.69 Å². The van der Waals surface area contributed by atoms with Gasteiger partial charge in [0.25, 0.3) is 0 Å². The fourth-order valence-electron chi connectivity index (χ4n) is 3.06. The lowest BCUT2D eigenvalue weighted by Crippen LogP contribution is -2.44. The third-order valence-electron chi connectivity index (χ3n) is 4.46. The van der Waals surface area contributed by atoms with E-state index in [0.29, 0.717) is 0 Å². The zero-order chi connectivity index (χ0) is 16.9. The molecule has 0 radical (unpaired) electrons. The average Bonchev–Trinajstić information content (AvgIpc) is 2.56. The maximum absolute atomic E-state index is 4.67. The second-order valence-electron chi connectivity index (χ2n) is 6.51. The highest BCUT2D eigenvalue weighted by atomic mass is 15.2. The van der Waals surface area contributed by atoms with Gasteiger partial charge in [0.05, 0.1) is 6.04 Å². The number of guanidine groups is 1. The molecule has 1 aromatic carbocycles. The summed E-state index contributed by atoms with van der Waals surface area (Å²) in [7, 11) is 2.18. The van der Waals surface area contributed by atoms with Crippen molar-refractivity contribution in [2.45, 2.75) is 19.4 Å². The van der Waals surface area contributed by atoms with E-state index in [4.69, 9.17) is 0 Å². The molecule has 1 aromatic rings. The third kappa shape index (κ3) is 4.17. The maximum Gasteiger partial charge on any atom is 0.200 e. The van der Waals surface area contributed by atoms with Crippen molar-refractivity contribution in [1.82, 2.24) is 10.2 Å². The zero-order valence-electron chi connectivity index (χ0n) is 14.6. The zero-order valence-corrected chi connectivity index (χ0v) is 14.6. The van der Waals surface area contributed by atoms with E-state index in [-0.39, 0.29) is 6.04 Å². The van der Waals surface area contributed by atoms with Gasteiger partial charge >= 0.3 is 0 Å². The Morgan fingerprint density at radius 2 is 1.96 bits per heavy atom. The number of nitrogens with one attached hydrogen (secondary N) is 2. The quantitative estimate of drug-likeness (QED) is 0.835. The number of likely N-dealkylation sites (N-methyl/N-ethyl adjacent to an activating group) is 1. The number of rotatable bonds is 4. The molecule has 2 N–H and O–H groups in total. The minimum atomic E-state index is 0.163. The molecule has 0 bridgehead atoms. The van der Waals surface area contributed by atoms with E-state index in [2.05, 4.69) is 76.3 Å². The van der Waals surface area contributed by atoms with E-state index in [1.54, 1.807) is 0 Å². The number of piperazine rings is 1. The van der Waals surface area contributed by atoms with Crippen molar-refractivity contribution in [3.05, 3.63) is 48.7 Å². The lowest BCUT2D eigenvalue weighted by molar-refractivity contribution is 0.313. The van der Waals surface area contributed by atoms with Crippen LogP contribution in [0.1, 0.15) is 13.3 Å². The van der Waals surface area contributed by atoms with Crippen LogP contribution in [0.2, 0.25) is 0 Å². The first kappa shape index (κ1) is 16.6. The highest BCUT2D eigenvalue weighted by Gasteiger charge is 2.15. The molecule has 0 aromatic heterocycles. The molecule has 128 valence electrons. The Labute approximate surface area is 144 Å². The molecule has 5 heteroatoms. The van der Waals surface area contributed by atoms with Gasteiger partial charge in [0.1, 0.15) is 0 Å². The predicted molar refractivity (Wildman–Crippen MR) is 103 cm³/mol. The van der Waals surface area contributed by atoms with Crippen molar-refractivity contribution in [2.75, 3.05) is 43.4 Å². The molecular formula is C19H27N5. The molecule has 2 aliphatic rings. The van der Waals surface area contributed by atoms with Gasteiger partial charge in [-0.15, -0.1) is 6.58 Å². The predicted octanol–water partition coefficient (Wildman–Crippen LogP) is 2.66. The molecule has 1 atom stereocenters. The lowest BCUT2D eigenvalue weighted by Gasteiger charge is -2.34. The first-order valence-corrected chi connectivity index (χ1v) is 8.59. The minimum absolute atomic E-state index is 0.163. The van der Waals surface area contributed by atoms with E-state index < -0.39 is 0 Å². The highest BCUT2D eigenvalue weighted by molar-refractivity contribution is 5.95. The Morgan fingerprint density at radius 3 is 2.62 bits per heavy atom. The molecule has 5 nitrogen and oxygen atoms in total. The highest BCUT2D eigenvalue weighted by Crippen LogP contribution is 2.20. The molecule has 0 saturated carbocycles. The van der Waals surface area contributed by atoms with Crippen LogP contribution in [0.5, 0.6) is 0 Å². The molecule has 0 amide bonds. The van der Waals surface area contributed by atoms with Crippen molar-refractivity contribution in [3.63, 3.8) is 0 Å². The first-order chi connectivity index (χ1) is 11.6. The molecule has 2 heterocycles. The minimum Gasteiger partial charge on any atom is -0.369 e. The molecule has 0 aliphatic carbocycles. The van der Waals surface area contributed by atoms with Gasteiger partial charge in [-0.2, -0.15) is 0 Å². The van der Waals surface area contributed by atoms with Crippen molar-refractivity contribution in [3.8, 4) is 0 Å². The summed E-state index contributed by atoms with van der Waals surface area (Å²) in [5.41, 5.74) is 3.45. The van der Waals surface area contributed by atoms with E-state index >= 15 is 0 Å². The molecule has 1 fully saturated rings. The van der Waals surface area contributed by atoms with Gasteiger partial charge in [-0.1, -0.05) is 6.08 Å². The summed E-state index contributed by atoms with van der Waals surface area (Å²) in [5, 5.41) is 6.66. The van der Waals surface area contributed by atoms with Crippen LogP contribution in [0.15, 0.2) is 53.7 Å². The monoisotopic (exact) mass is 325 g/mol. The van der Waals surface area contributed by atoms with Crippen molar-refractivity contribution in [1.29, 1.82) is 0 Å². The molecule has 0 spiro atoms. The molecule has 24 heavy (non-hydrogen) atoms. The maximum atomic E-state index is 4.67. The van der Waals surface area contributed by atoms with Gasteiger partial charge < -0.3 is 20.4 Å². The summed E-state index contributed by atoms with van der Waals surface area (Å²) < 4.78 is 0. The number of nitrogens with zero attached hydrogens (tertiary/aromatic N) is 3. The lowest BCUT2D eigenvalue weighted by atomic mass is 10.1. The summed E-state index contributed by atoms with van der Waals surface area (Å²) >= 11 is 0. The number of anilines is 2. The summed E-state index contributed by atoms with van der Waals surface area (Å²) in [4.78, 5) is 9.48. The van der Waals surface area contributed by atoms with Gasteiger partial charge in [0, 0.05) is 43.3 Å². The van der Waals surface area contributed by atoms with Crippen LogP contribution < -0.4 is 15.5 Å². The van der Waals surface area contributed by atoms with Crippen molar-refractivity contribution < 1.29 is 0 Å². The SMILES string of the molecule is C=CCC1C=C(C)NC(Nc2ccc(N3CCN(C)CC3)cc2)=N1. The summed E-state index contributed by atoms with van der Waals surface area (Å²) in [5.74, 6) is 0.800. The Morgan fingerprint density at radius 1 is 1.25 bits per heavy atom. The molecule has 1 saturated heterocycles. The average molecular weight is 325 g/mol. The van der Waals surface area contributed by atoms with Gasteiger partial charge in [-0.05, 0) is 50.7 Å². The Balaban J connectivity index is 1.63. The largest absolute Gasteiger partial charge is 0.369 e. The Kier molecular flexibility index (Phi) is 5.20. The van der Waals surface area contributed by atoms with Crippen molar-refractivity contribution >= 4 is 17.3 Å². The molecule has 3 rings (SSSR count). The smallest absolute Gasteiger partial charge is 0.200 e. The van der Waals surface area contributed by atoms with E-state index in [1.807, 2.05) is 6.08 Å². The van der Waals surface area contributed by atoms with Crippen LogP contribution >= 0.6 is 0 Å². The second kappa shape index (κ2) is 7.53. The standard InChI is InChI=1S/C19H27N5/c1-4-5-17-14-15(2)20-19(22-17)21-16-6-8-18(9-7-16)24-12-10-23(3)11-13-24/h4,6-9,14,17H,1,5,10-13H2,2-3H3,(H2,20,21,22). The number of hydrogen-bond acceptors (Lipinski definition) is 5. The van der Waals surface area contributed by atoms with Crippen LogP contribution in [0, 0.1) is 0 Å². The molecular weight excluding hydrogens is 298 g/mol. The fraction of sp³-hybridized carbons (Fsp3) is 0.421. The molecule has 1 unspecified atom stereocenters. The van der Waals surface area contributed by atoms with E-state index in [0.717, 1.165) is 49.9 Å². The van der Waals surface area contributed by atoms with Gasteiger partial charge in [0.15, 0.2) is 0 Å². The first-order valence-electron chi connectivity index (χ1n) is 8.59. The topological polar surface area (TPSA) is 42.9 Å². The van der Waals surface area contributed by atoms with Crippen LogP contribution in [-0.4, -0.2) is 50.1 Å². The van der Waals surface area contributed by atoms with Crippen LogP contribution in [0.4, 0.5) is 11.4 Å². The van der Waals surface area contributed by atoms with Crippen LogP contribution in [0.3, 0.4) is 0 Å². The summed E-state index contributed by atoms with van der Waals surface area (Å²) in [6, 6.07) is 8.76.